The largest absolute Gasteiger partial charge is 0.496 e. The van der Waals surface area contributed by atoms with Gasteiger partial charge in [0.1, 0.15) is 5.75 Å². The predicted molar refractivity (Wildman–Crippen MR) is 83.7 cm³/mol. The van der Waals surface area contributed by atoms with Crippen LogP contribution in [0.2, 0.25) is 0 Å². The molecule has 20 heavy (non-hydrogen) atoms. The number of ether oxygens (including phenoxy) is 1. The summed E-state index contributed by atoms with van der Waals surface area (Å²) in [4.78, 5) is 11.9. The van der Waals surface area contributed by atoms with Gasteiger partial charge >= 0.3 is 0 Å². The molecule has 0 fully saturated rings. The molecule has 0 aromatic heterocycles. The highest BCUT2D eigenvalue weighted by atomic mass is 79.9. The molecule has 0 heterocycles. The molecule has 0 saturated carbocycles. The Morgan fingerprint density at radius 3 is 2.80 bits per heavy atom. The predicted octanol–water partition coefficient (Wildman–Crippen LogP) is 2.75. The Balaban J connectivity index is 2.82. The van der Waals surface area contributed by atoms with Crippen LogP contribution in [-0.2, 0) is 4.79 Å². The Kier molecular flexibility index (Phi) is 6.23. The minimum Gasteiger partial charge on any atom is -0.496 e. The van der Waals surface area contributed by atoms with E-state index in [1.807, 2.05) is 25.1 Å². The molecule has 4 nitrogen and oxygen atoms in total. The summed E-state index contributed by atoms with van der Waals surface area (Å²) in [5.74, 6) is 0.447. The highest BCUT2D eigenvalue weighted by molar-refractivity contribution is 9.10. The van der Waals surface area contributed by atoms with Gasteiger partial charge in [-0.2, -0.15) is 0 Å². The number of amides is 1. The molecule has 1 rings (SSSR count). The second-order valence-corrected chi connectivity index (χ2v) is 5.70. The molecule has 1 amide bonds. The van der Waals surface area contributed by atoms with Crippen LogP contribution in [0.3, 0.4) is 0 Å². The molecule has 0 radical (unpaired) electrons. The average molecular weight is 342 g/mol. The van der Waals surface area contributed by atoms with E-state index in [0.717, 1.165) is 10.0 Å². The highest BCUT2D eigenvalue weighted by Crippen LogP contribution is 2.24. The molecule has 0 spiro atoms. The Morgan fingerprint density at radius 2 is 2.25 bits per heavy atom. The van der Waals surface area contributed by atoms with Gasteiger partial charge in [0.2, 0.25) is 5.91 Å². The molecule has 0 aliphatic heterocycles. The number of benzene rings is 1. The maximum atomic E-state index is 11.9. The normalized spacial score (nSPS) is 14.1. The van der Waals surface area contributed by atoms with E-state index >= 15 is 0 Å². The number of hydrogen-bond donors (Lipinski definition) is 2. The third-order valence-corrected chi connectivity index (χ3v) is 3.65. The maximum Gasteiger partial charge on any atom is 0.244 e. The number of aliphatic hydroxyl groups excluding tert-OH is 1. The minimum atomic E-state index is -0.594. The summed E-state index contributed by atoms with van der Waals surface area (Å²) in [7, 11) is 1.58. The monoisotopic (exact) mass is 341 g/mol. The third-order valence-electron chi connectivity index (χ3n) is 3.16. The van der Waals surface area contributed by atoms with Crippen molar-refractivity contribution in [2.24, 2.45) is 0 Å². The summed E-state index contributed by atoms with van der Waals surface area (Å²) in [6.45, 7) is 3.62. The highest BCUT2D eigenvalue weighted by Gasteiger charge is 2.21. The number of carbonyl (C=O) groups is 1. The van der Waals surface area contributed by atoms with Gasteiger partial charge in [0.05, 0.1) is 19.3 Å². The lowest BCUT2D eigenvalue weighted by Gasteiger charge is -2.26. The van der Waals surface area contributed by atoms with Crippen molar-refractivity contribution >= 4 is 27.9 Å². The zero-order valence-electron chi connectivity index (χ0n) is 11.9. The van der Waals surface area contributed by atoms with Gasteiger partial charge in [0.15, 0.2) is 0 Å². The van der Waals surface area contributed by atoms with Gasteiger partial charge in [-0.1, -0.05) is 22.9 Å². The summed E-state index contributed by atoms with van der Waals surface area (Å²) >= 11 is 3.38. The molecule has 5 heteroatoms. The fourth-order valence-electron chi connectivity index (χ4n) is 1.58. The standard InChI is InChI=1S/C15H20BrNO3/c1-4-15(2,10-18)17-14(19)8-5-11-9-12(16)6-7-13(11)20-3/h5-9,18H,4,10H2,1-3H3,(H,17,19). The molecular formula is C15H20BrNO3. The Bertz CT molecular complexity index is 496. The molecule has 1 unspecified atom stereocenters. The van der Waals surface area contributed by atoms with E-state index in [0.29, 0.717) is 12.2 Å². The van der Waals surface area contributed by atoms with E-state index in [1.165, 1.54) is 6.08 Å². The van der Waals surface area contributed by atoms with Gasteiger partial charge in [-0.3, -0.25) is 4.79 Å². The van der Waals surface area contributed by atoms with Gasteiger partial charge in [-0.05, 0) is 37.6 Å². The lowest BCUT2D eigenvalue weighted by molar-refractivity contribution is -0.118. The van der Waals surface area contributed by atoms with E-state index in [-0.39, 0.29) is 12.5 Å². The van der Waals surface area contributed by atoms with E-state index in [9.17, 15) is 9.90 Å². The van der Waals surface area contributed by atoms with Crippen molar-refractivity contribution in [1.82, 2.24) is 5.32 Å². The first-order valence-corrected chi connectivity index (χ1v) is 7.18. The first kappa shape index (κ1) is 16.7. The Labute approximate surface area is 128 Å². The molecule has 1 aromatic carbocycles. The SMILES string of the molecule is CCC(C)(CO)NC(=O)C=Cc1cc(Br)ccc1OC. The van der Waals surface area contributed by atoms with Crippen LogP contribution in [0, 0.1) is 0 Å². The van der Waals surface area contributed by atoms with Gasteiger partial charge in [0.25, 0.3) is 0 Å². The Morgan fingerprint density at radius 1 is 1.55 bits per heavy atom. The molecular weight excluding hydrogens is 322 g/mol. The van der Waals surface area contributed by atoms with Crippen molar-refractivity contribution in [2.45, 2.75) is 25.8 Å². The van der Waals surface area contributed by atoms with Crippen LogP contribution in [0.4, 0.5) is 0 Å². The molecule has 0 saturated heterocycles. The van der Waals surface area contributed by atoms with Crippen LogP contribution < -0.4 is 10.1 Å². The molecule has 0 aliphatic carbocycles. The topological polar surface area (TPSA) is 58.6 Å². The number of halogens is 1. The molecule has 0 aliphatic rings. The Hall–Kier alpha value is -1.33. The van der Waals surface area contributed by atoms with E-state index in [4.69, 9.17) is 4.74 Å². The lowest BCUT2D eigenvalue weighted by Crippen LogP contribution is -2.47. The molecule has 1 atom stereocenters. The zero-order chi connectivity index (χ0) is 15.2. The average Bonchev–Trinajstić information content (AvgIpc) is 2.45. The van der Waals surface area contributed by atoms with Crippen LogP contribution >= 0.6 is 15.9 Å². The summed E-state index contributed by atoms with van der Waals surface area (Å²) < 4.78 is 6.14. The van der Waals surface area contributed by atoms with Gasteiger partial charge in [-0.15, -0.1) is 0 Å². The van der Waals surface area contributed by atoms with Crippen molar-refractivity contribution in [3.8, 4) is 5.75 Å². The maximum absolute atomic E-state index is 11.9. The van der Waals surface area contributed by atoms with Crippen LogP contribution in [0.1, 0.15) is 25.8 Å². The molecule has 1 aromatic rings. The number of rotatable bonds is 6. The minimum absolute atomic E-state index is 0.0940. The van der Waals surface area contributed by atoms with E-state index < -0.39 is 5.54 Å². The van der Waals surface area contributed by atoms with Gasteiger partial charge in [-0.25, -0.2) is 0 Å². The number of carbonyl (C=O) groups excluding carboxylic acids is 1. The summed E-state index contributed by atoms with van der Waals surface area (Å²) in [5.41, 5.74) is 0.210. The van der Waals surface area contributed by atoms with Crippen molar-refractivity contribution in [2.75, 3.05) is 13.7 Å². The fraction of sp³-hybridized carbons (Fsp3) is 0.400. The van der Waals surface area contributed by atoms with Gasteiger partial charge in [0, 0.05) is 16.1 Å². The number of methoxy groups -OCH3 is 1. The van der Waals surface area contributed by atoms with Gasteiger partial charge < -0.3 is 15.2 Å². The molecule has 110 valence electrons. The lowest BCUT2D eigenvalue weighted by atomic mass is 10.0. The van der Waals surface area contributed by atoms with E-state index in [2.05, 4.69) is 21.2 Å². The number of aliphatic hydroxyl groups is 1. The summed E-state index contributed by atoms with van der Waals surface area (Å²) in [6.07, 6.45) is 3.78. The fourth-order valence-corrected chi connectivity index (χ4v) is 1.96. The van der Waals surface area contributed by atoms with Crippen LogP contribution in [-0.4, -0.2) is 30.3 Å². The van der Waals surface area contributed by atoms with Crippen molar-refractivity contribution < 1.29 is 14.6 Å². The van der Waals surface area contributed by atoms with Crippen LogP contribution in [0.15, 0.2) is 28.7 Å². The number of hydrogen-bond acceptors (Lipinski definition) is 3. The van der Waals surface area contributed by atoms with E-state index in [1.54, 1.807) is 20.1 Å². The first-order valence-electron chi connectivity index (χ1n) is 6.38. The van der Waals surface area contributed by atoms with Crippen LogP contribution in [0.25, 0.3) is 6.08 Å². The van der Waals surface area contributed by atoms with Crippen LogP contribution in [0.5, 0.6) is 5.75 Å². The molecule has 2 N–H and O–H groups in total. The molecule has 0 bridgehead atoms. The van der Waals surface area contributed by atoms with Crippen molar-refractivity contribution in [3.05, 3.63) is 34.3 Å². The smallest absolute Gasteiger partial charge is 0.244 e. The summed E-state index contributed by atoms with van der Waals surface area (Å²) in [5, 5.41) is 12.1. The van der Waals surface area contributed by atoms with Crippen molar-refractivity contribution in [3.63, 3.8) is 0 Å². The zero-order valence-corrected chi connectivity index (χ0v) is 13.5. The first-order chi connectivity index (χ1) is 9.44. The quantitative estimate of drug-likeness (QED) is 0.782. The number of nitrogens with one attached hydrogen (secondary N) is 1. The van der Waals surface area contributed by atoms with Crippen molar-refractivity contribution in [1.29, 1.82) is 0 Å². The third kappa shape index (κ3) is 4.65. The second-order valence-electron chi connectivity index (χ2n) is 4.78. The summed E-state index contributed by atoms with van der Waals surface area (Å²) in [6, 6.07) is 5.56. The second kappa shape index (κ2) is 7.45.